The van der Waals surface area contributed by atoms with Gasteiger partial charge < -0.3 is 24.6 Å². The van der Waals surface area contributed by atoms with Crippen molar-refractivity contribution < 1.29 is 55.6 Å². The molecule has 3 heterocycles. The molecular formula is C21H22F6N4O6. The minimum Gasteiger partial charge on any atom is -0.475 e. The van der Waals surface area contributed by atoms with Gasteiger partial charge in [-0.25, -0.2) is 19.6 Å². The molecule has 1 saturated carbocycles. The zero-order valence-corrected chi connectivity index (χ0v) is 18.9. The van der Waals surface area contributed by atoms with Crippen molar-refractivity contribution in [3.05, 3.63) is 48.5 Å². The molecule has 37 heavy (non-hydrogen) atoms. The van der Waals surface area contributed by atoms with E-state index in [0.717, 1.165) is 30.9 Å². The van der Waals surface area contributed by atoms with E-state index in [9.17, 15) is 26.3 Å². The molecule has 0 radical (unpaired) electrons. The predicted molar refractivity (Wildman–Crippen MR) is 112 cm³/mol. The number of carbonyl (C=O) groups is 2. The van der Waals surface area contributed by atoms with Crippen LogP contribution < -0.4 is 4.90 Å². The Bertz CT molecular complexity index is 973. The second kappa shape index (κ2) is 13.1. The maximum Gasteiger partial charge on any atom is 0.490 e. The van der Waals surface area contributed by atoms with Crippen LogP contribution in [0.4, 0.5) is 32.3 Å². The molecule has 2 N–H and O–H groups in total. The number of halogens is 6. The van der Waals surface area contributed by atoms with E-state index in [2.05, 4.69) is 19.9 Å². The monoisotopic (exact) mass is 540 g/mol. The number of carboxylic acid groups (broad SMARTS) is 2. The highest BCUT2D eigenvalue weighted by molar-refractivity contribution is 5.73. The van der Waals surface area contributed by atoms with E-state index in [1.807, 2.05) is 24.4 Å². The molecule has 1 saturated heterocycles. The van der Waals surface area contributed by atoms with Crippen LogP contribution in [0.5, 0.6) is 0 Å². The molecule has 0 amide bonds. The van der Waals surface area contributed by atoms with E-state index in [1.54, 1.807) is 18.6 Å². The van der Waals surface area contributed by atoms with Crippen LogP contribution >= 0.6 is 0 Å². The normalized spacial score (nSPS) is 21.0. The Morgan fingerprint density at radius 3 is 2.11 bits per heavy atom. The molecule has 0 bridgehead atoms. The van der Waals surface area contributed by atoms with Crippen LogP contribution in [-0.2, 0) is 25.7 Å². The first kappa shape index (κ1) is 29.7. The Kier molecular flexibility index (Phi) is 10.5. The topological polar surface area (TPSA) is 135 Å². The van der Waals surface area contributed by atoms with Crippen molar-refractivity contribution in [1.82, 2.24) is 15.0 Å². The lowest BCUT2D eigenvalue weighted by Crippen LogP contribution is -2.52. The van der Waals surface area contributed by atoms with Crippen LogP contribution in [0.1, 0.15) is 18.4 Å². The molecule has 0 aromatic carbocycles. The minimum atomic E-state index is -5.08. The van der Waals surface area contributed by atoms with Crippen LogP contribution in [0.3, 0.4) is 0 Å². The quantitative estimate of drug-likeness (QED) is 0.557. The van der Waals surface area contributed by atoms with E-state index in [1.165, 1.54) is 0 Å². The average Bonchev–Trinajstić information content (AvgIpc) is 3.27. The van der Waals surface area contributed by atoms with Gasteiger partial charge in [0, 0.05) is 31.3 Å². The first-order chi connectivity index (χ1) is 17.3. The van der Waals surface area contributed by atoms with Gasteiger partial charge in [0.05, 0.1) is 25.4 Å². The van der Waals surface area contributed by atoms with Crippen LogP contribution in [0.25, 0.3) is 0 Å². The molecule has 4 rings (SSSR count). The lowest BCUT2D eigenvalue weighted by molar-refractivity contribution is -0.193. The Morgan fingerprint density at radius 2 is 1.59 bits per heavy atom. The summed E-state index contributed by atoms with van der Waals surface area (Å²) in [5, 5.41) is 14.2. The van der Waals surface area contributed by atoms with Crippen molar-refractivity contribution in [1.29, 1.82) is 0 Å². The number of fused-ring (bicyclic) bond motifs is 1. The Morgan fingerprint density at radius 1 is 1.00 bits per heavy atom. The van der Waals surface area contributed by atoms with E-state index in [4.69, 9.17) is 29.3 Å². The van der Waals surface area contributed by atoms with E-state index in [0.29, 0.717) is 19.3 Å². The van der Waals surface area contributed by atoms with Crippen molar-refractivity contribution in [2.45, 2.75) is 50.1 Å². The Balaban J connectivity index is 0.000000286. The third-order valence-corrected chi connectivity index (χ3v) is 5.02. The number of morpholine rings is 1. The van der Waals surface area contributed by atoms with Gasteiger partial charge in [-0.1, -0.05) is 6.07 Å². The fourth-order valence-corrected chi connectivity index (χ4v) is 3.47. The molecule has 2 fully saturated rings. The van der Waals surface area contributed by atoms with Crippen molar-refractivity contribution in [2.75, 3.05) is 18.1 Å². The molecule has 204 valence electrons. The number of pyridine rings is 1. The number of carboxylic acids is 2. The second-order valence-corrected chi connectivity index (χ2v) is 7.54. The number of alkyl halides is 6. The third kappa shape index (κ3) is 9.45. The van der Waals surface area contributed by atoms with Gasteiger partial charge in [-0.15, -0.1) is 0 Å². The van der Waals surface area contributed by atoms with Gasteiger partial charge in [0.15, 0.2) is 0 Å². The van der Waals surface area contributed by atoms with Crippen LogP contribution in [-0.4, -0.2) is 80.9 Å². The summed E-state index contributed by atoms with van der Waals surface area (Å²) in [5.74, 6) is -4.72. The standard InChI is InChI=1S/C17H20N4O2.2C2HF3O2/c1-3-13(11-18-6-1)12-23-15-5-4-14-16(15)22-10-9-21(14)17-19-7-2-8-20-17;2*3-2(4,5)1(6)7/h1-3,6-8,11,14-16H,4-5,9-10,12H2;2*(H,6,7)/t14-,15-,16-;;/m0../s1. The summed E-state index contributed by atoms with van der Waals surface area (Å²) in [6.45, 7) is 2.10. The Hall–Kier alpha value is -3.53. The summed E-state index contributed by atoms with van der Waals surface area (Å²) in [6, 6.07) is 6.10. The number of rotatable bonds is 4. The van der Waals surface area contributed by atoms with Gasteiger partial charge in [0.2, 0.25) is 5.95 Å². The number of hydrogen-bond acceptors (Lipinski definition) is 8. The third-order valence-electron chi connectivity index (χ3n) is 5.02. The highest BCUT2D eigenvalue weighted by atomic mass is 19.4. The molecule has 1 aliphatic carbocycles. The number of hydrogen-bond donors (Lipinski definition) is 2. The predicted octanol–water partition coefficient (Wildman–Crippen LogP) is 3.09. The molecule has 1 aliphatic heterocycles. The summed E-state index contributed by atoms with van der Waals surface area (Å²) in [6.07, 6.45) is -0.721. The van der Waals surface area contributed by atoms with Crippen molar-refractivity contribution in [2.24, 2.45) is 0 Å². The van der Waals surface area contributed by atoms with Crippen LogP contribution in [0.2, 0.25) is 0 Å². The highest BCUT2D eigenvalue weighted by Gasteiger charge is 2.44. The SMILES string of the molecule is O=C(O)C(F)(F)F.O=C(O)C(F)(F)F.c1cnc(N2CCO[C@@H]3[C@@H](OCc4cccnc4)CC[C@@H]32)nc1. The fourth-order valence-electron chi connectivity index (χ4n) is 3.47. The highest BCUT2D eigenvalue weighted by Crippen LogP contribution is 2.34. The average molecular weight is 540 g/mol. The molecule has 2 aromatic heterocycles. The first-order valence-electron chi connectivity index (χ1n) is 10.6. The lowest BCUT2D eigenvalue weighted by Gasteiger charge is -2.39. The summed E-state index contributed by atoms with van der Waals surface area (Å²) in [5.41, 5.74) is 1.09. The first-order valence-corrected chi connectivity index (χ1v) is 10.6. The zero-order valence-electron chi connectivity index (χ0n) is 18.9. The number of anilines is 1. The van der Waals surface area contributed by atoms with Crippen LogP contribution in [0.15, 0.2) is 43.0 Å². The number of nitrogens with zero attached hydrogens (tertiary/aromatic N) is 4. The molecular weight excluding hydrogens is 518 g/mol. The maximum absolute atomic E-state index is 10.6. The largest absolute Gasteiger partial charge is 0.490 e. The van der Waals surface area contributed by atoms with Gasteiger partial charge in [0.1, 0.15) is 6.10 Å². The van der Waals surface area contributed by atoms with Gasteiger partial charge in [-0.3, -0.25) is 4.98 Å². The molecule has 3 atom stereocenters. The van der Waals surface area contributed by atoms with Gasteiger partial charge in [-0.2, -0.15) is 26.3 Å². The van der Waals surface area contributed by atoms with E-state index in [-0.39, 0.29) is 12.2 Å². The van der Waals surface area contributed by atoms with Gasteiger partial charge >= 0.3 is 24.3 Å². The summed E-state index contributed by atoms with van der Waals surface area (Å²) in [4.78, 5) is 33.0. The number of aromatic nitrogens is 3. The van der Waals surface area contributed by atoms with Crippen molar-refractivity contribution >= 4 is 17.9 Å². The smallest absolute Gasteiger partial charge is 0.475 e. The molecule has 2 aliphatic rings. The molecule has 2 aromatic rings. The lowest BCUT2D eigenvalue weighted by atomic mass is 10.1. The second-order valence-electron chi connectivity index (χ2n) is 7.54. The van der Waals surface area contributed by atoms with E-state index >= 15 is 0 Å². The fraction of sp³-hybridized carbons (Fsp3) is 0.476. The summed E-state index contributed by atoms with van der Waals surface area (Å²) >= 11 is 0. The maximum atomic E-state index is 10.6. The summed E-state index contributed by atoms with van der Waals surface area (Å²) in [7, 11) is 0. The van der Waals surface area contributed by atoms with Gasteiger partial charge in [-0.05, 0) is 30.5 Å². The van der Waals surface area contributed by atoms with Crippen molar-refractivity contribution in [3.8, 4) is 0 Å². The minimum absolute atomic E-state index is 0.0872. The Labute approximate surface area is 205 Å². The zero-order chi connectivity index (χ0) is 27.6. The molecule has 0 unspecified atom stereocenters. The van der Waals surface area contributed by atoms with Crippen molar-refractivity contribution in [3.63, 3.8) is 0 Å². The van der Waals surface area contributed by atoms with Crippen LogP contribution in [0, 0.1) is 0 Å². The molecule has 16 heteroatoms. The van der Waals surface area contributed by atoms with Gasteiger partial charge in [0.25, 0.3) is 0 Å². The summed E-state index contributed by atoms with van der Waals surface area (Å²) < 4.78 is 75.6. The number of ether oxygens (including phenoxy) is 2. The van der Waals surface area contributed by atoms with E-state index < -0.39 is 24.3 Å². The number of aliphatic carboxylic acids is 2. The molecule has 10 nitrogen and oxygen atoms in total. The molecule has 0 spiro atoms.